The molecule has 2 fully saturated rings. The van der Waals surface area contributed by atoms with Crippen LogP contribution in [0.15, 0.2) is 24.3 Å². The van der Waals surface area contributed by atoms with Gasteiger partial charge in [-0.2, -0.15) is 0 Å². The summed E-state index contributed by atoms with van der Waals surface area (Å²) in [6.07, 6.45) is 4.27. The van der Waals surface area contributed by atoms with E-state index in [2.05, 4.69) is 12.2 Å². The first kappa shape index (κ1) is 14.9. The predicted molar refractivity (Wildman–Crippen MR) is 83.4 cm³/mol. The molecule has 0 heterocycles. The molecule has 21 heavy (non-hydrogen) atoms. The van der Waals surface area contributed by atoms with Gasteiger partial charge >= 0.3 is 5.97 Å². The van der Waals surface area contributed by atoms with Gasteiger partial charge in [0.15, 0.2) is 0 Å². The first-order valence-corrected chi connectivity index (χ1v) is 8.22. The lowest BCUT2D eigenvalue weighted by molar-refractivity contribution is -0.144. The van der Waals surface area contributed by atoms with Crippen molar-refractivity contribution in [2.24, 2.45) is 17.8 Å². The van der Waals surface area contributed by atoms with Crippen LogP contribution < -0.4 is 5.32 Å². The molecule has 114 valence electrons. The lowest BCUT2D eigenvalue weighted by Crippen LogP contribution is -2.45. The van der Waals surface area contributed by atoms with E-state index in [-0.39, 0.29) is 18.0 Å². The SMILES string of the molecule is CCC(NC1C2CCC(C2)C1C(=O)O)c1ccc(Cl)cc1. The number of rotatable bonds is 5. The molecule has 2 N–H and O–H groups in total. The van der Waals surface area contributed by atoms with Gasteiger partial charge in [-0.25, -0.2) is 0 Å². The third kappa shape index (κ3) is 2.82. The van der Waals surface area contributed by atoms with Crippen LogP contribution >= 0.6 is 11.6 Å². The number of carboxylic acids is 1. The highest BCUT2D eigenvalue weighted by atomic mass is 35.5. The first-order valence-electron chi connectivity index (χ1n) is 7.84. The third-order valence-electron chi connectivity index (χ3n) is 5.28. The van der Waals surface area contributed by atoms with Crippen LogP contribution in [0, 0.1) is 17.8 Å². The molecule has 1 aromatic rings. The molecule has 3 nitrogen and oxygen atoms in total. The Balaban J connectivity index is 1.77. The van der Waals surface area contributed by atoms with E-state index in [1.165, 1.54) is 12.0 Å². The number of aliphatic carboxylic acids is 1. The summed E-state index contributed by atoms with van der Waals surface area (Å²) < 4.78 is 0. The summed E-state index contributed by atoms with van der Waals surface area (Å²) in [6.45, 7) is 2.13. The smallest absolute Gasteiger partial charge is 0.308 e. The van der Waals surface area contributed by atoms with Crippen molar-refractivity contribution >= 4 is 17.6 Å². The van der Waals surface area contributed by atoms with Gasteiger partial charge in [-0.1, -0.05) is 30.7 Å². The standard InChI is InChI=1S/C17H22ClNO2/c1-2-14(10-5-7-13(18)8-6-10)19-16-12-4-3-11(9-12)15(16)17(20)21/h5-8,11-12,14-16,19H,2-4,9H2,1H3,(H,20,21). The Labute approximate surface area is 130 Å². The Hall–Kier alpha value is -1.06. The van der Waals surface area contributed by atoms with E-state index in [4.69, 9.17) is 11.6 Å². The van der Waals surface area contributed by atoms with E-state index in [0.717, 1.165) is 24.3 Å². The van der Waals surface area contributed by atoms with Crippen LogP contribution in [0.1, 0.15) is 44.2 Å². The molecule has 0 aromatic heterocycles. The van der Waals surface area contributed by atoms with E-state index in [1.54, 1.807) is 0 Å². The van der Waals surface area contributed by atoms with Gasteiger partial charge in [-0.05, 0) is 55.2 Å². The van der Waals surface area contributed by atoms with Crippen LogP contribution in [0.3, 0.4) is 0 Å². The molecule has 0 aliphatic heterocycles. The van der Waals surface area contributed by atoms with Crippen LogP contribution in [0.5, 0.6) is 0 Å². The third-order valence-corrected chi connectivity index (χ3v) is 5.53. The van der Waals surface area contributed by atoms with Crippen molar-refractivity contribution in [3.8, 4) is 0 Å². The molecule has 2 bridgehead atoms. The second kappa shape index (κ2) is 5.98. The van der Waals surface area contributed by atoms with Gasteiger partial charge in [-0.15, -0.1) is 0 Å². The maximum absolute atomic E-state index is 11.6. The van der Waals surface area contributed by atoms with Crippen molar-refractivity contribution in [2.75, 3.05) is 0 Å². The monoisotopic (exact) mass is 307 g/mol. The second-order valence-corrected chi connectivity index (χ2v) is 6.84. The molecule has 3 rings (SSSR count). The largest absolute Gasteiger partial charge is 0.481 e. The molecule has 0 radical (unpaired) electrons. The van der Waals surface area contributed by atoms with Gasteiger partial charge < -0.3 is 10.4 Å². The Morgan fingerprint density at radius 3 is 2.62 bits per heavy atom. The lowest BCUT2D eigenvalue weighted by Gasteiger charge is -2.32. The topological polar surface area (TPSA) is 49.3 Å². The normalized spacial score (nSPS) is 32.3. The quantitative estimate of drug-likeness (QED) is 0.868. The van der Waals surface area contributed by atoms with Crippen molar-refractivity contribution in [1.29, 1.82) is 0 Å². The maximum Gasteiger partial charge on any atom is 0.308 e. The summed E-state index contributed by atoms with van der Waals surface area (Å²) >= 11 is 5.95. The number of benzene rings is 1. The molecule has 5 atom stereocenters. The molecule has 2 aliphatic carbocycles. The van der Waals surface area contributed by atoms with Crippen molar-refractivity contribution < 1.29 is 9.90 Å². The van der Waals surface area contributed by atoms with E-state index in [0.29, 0.717) is 11.8 Å². The van der Waals surface area contributed by atoms with Crippen LogP contribution in [-0.2, 0) is 4.79 Å². The highest BCUT2D eigenvalue weighted by molar-refractivity contribution is 6.30. The number of carboxylic acid groups (broad SMARTS) is 1. The summed E-state index contributed by atoms with van der Waals surface area (Å²) in [4.78, 5) is 11.6. The Morgan fingerprint density at radius 1 is 1.33 bits per heavy atom. The summed E-state index contributed by atoms with van der Waals surface area (Å²) in [5.41, 5.74) is 1.19. The van der Waals surface area contributed by atoms with Crippen molar-refractivity contribution in [3.63, 3.8) is 0 Å². The van der Waals surface area contributed by atoms with Crippen LogP contribution in [0.2, 0.25) is 5.02 Å². The lowest BCUT2D eigenvalue weighted by atomic mass is 9.83. The molecule has 4 heteroatoms. The molecule has 1 aromatic carbocycles. The highest BCUT2D eigenvalue weighted by Crippen LogP contribution is 2.49. The van der Waals surface area contributed by atoms with Crippen molar-refractivity contribution in [2.45, 2.75) is 44.7 Å². The Bertz CT molecular complexity index is 516. The van der Waals surface area contributed by atoms with Gasteiger partial charge in [0.25, 0.3) is 0 Å². The average Bonchev–Trinajstić information content (AvgIpc) is 3.06. The minimum atomic E-state index is -0.634. The Kier molecular flexibility index (Phi) is 4.23. The fourth-order valence-electron chi connectivity index (χ4n) is 4.26. The molecular formula is C17H22ClNO2. The van der Waals surface area contributed by atoms with Gasteiger partial charge in [0.2, 0.25) is 0 Å². The molecule has 0 amide bonds. The zero-order valence-corrected chi connectivity index (χ0v) is 13.0. The summed E-state index contributed by atoms with van der Waals surface area (Å²) in [5, 5.41) is 13.9. The zero-order chi connectivity index (χ0) is 15.0. The molecule has 0 saturated heterocycles. The number of hydrogen-bond donors (Lipinski definition) is 2. The minimum absolute atomic E-state index is 0.113. The van der Waals surface area contributed by atoms with Crippen LogP contribution in [0.4, 0.5) is 0 Å². The highest BCUT2D eigenvalue weighted by Gasteiger charge is 2.51. The second-order valence-electron chi connectivity index (χ2n) is 6.40. The minimum Gasteiger partial charge on any atom is -0.481 e. The predicted octanol–water partition coefficient (Wildman–Crippen LogP) is 3.88. The van der Waals surface area contributed by atoms with E-state index < -0.39 is 5.97 Å². The van der Waals surface area contributed by atoms with E-state index in [9.17, 15) is 9.90 Å². The molecular weight excluding hydrogens is 286 g/mol. The number of fused-ring (bicyclic) bond motifs is 2. The summed E-state index contributed by atoms with van der Waals surface area (Å²) in [6, 6.07) is 8.18. The van der Waals surface area contributed by atoms with Gasteiger partial charge in [-0.3, -0.25) is 4.79 Å². The maximum atomic E-state index is 11.6. The molecule has 0 spiro atoms. The van der Waals surface area contributed by atoms with E-state index in [1.807, 2.05) is 24.3 Å². The van der Waals surface area contributed by atoms with E-state index >= 15 is 0 Å². The molecule has 2 aliphatic rings. The number of nitrogens with one attached hydrogen (secondary N) is 1. The number of halogens is 1. The summed E-state index contributed by atoms with van der Waals surface area (Å²) in [7, 11) is 0. The molecule has 2 saturated carbocycles. The first-order chi connectivity index (χ1) is 10.1. The Morgan fingerprint density at radius 2 is 2.00 bits per heavy atom. The van der Waals surface area contributed by atoms with Gasteiger partial charge in [0.05, 0.1) is 5.92 Å². The van der Waals surface area contributed by atoms with Crippen molar-refractivity contribution in [3.05, 3.63) is 34.9 Å². The number of carbonyl (C=O) groups is 1. The molecule has 5 unspecified atom stereocenters. The number of hydrogen-bond acceptors (Lipinski definition) is 2. The van der Waals surface area contributed by atoms with Gasteiger partial charge in [0.1, 0.15) is 0 Å². The van der Waals surface area contributed by atoms with Crippen LogP contribution in [-0.4, -0.2) is 17.1 Å². The fourth-order valence-corrected chi connectivity index (χ4v) is 4.39. The van der Waals surface area contributed by atoms with Crippen molar-refractivity contribution in [1.82, 2.24) is 5.32 Å². The summed E-state index contributed by atoms with van der Waals surface area (Å²) in [5.74, 6) is 0.0425. The van der Waals surface area contributed by atoms with Crippen LogP contribution in [0.25, 0.3) is 0 Å². The van der Waals surface area contributed by atoms with Gasteiger partial charge in [0, 0.05) is 17.1 Å². The zero-order valence-electron chi connectivity index (χ0n) is 12.3. The average molecular weight is 308 g/mol. The fraction of sp³-hybridized carbons (Fsp3) is 0.588.